The number of aromatic nitrogens is 3. The second-order valence-corrected chi connectivity index (χ2v) is 7.08. The zero-order valence-corrected chi connectivity index (χ0v) is 15.5. The first-order valence-electron chi connectivity index (χ1n) is 9.05. The van der Waals surface area contributed by atoms with Gasteiger partial charge in [-0.15, -0.1) is 0 Å². The van der Waals surface area contributed by atoms with Gasteiger partial charge >= 0.3 is 5.69 Å². The minimum Gasteiger partial charge on any atom is -0.393 e. The van der Waals surface area contributed by atoms with Gasteiger partial charge in [-0.1, -0.05) is 19.1 Å². The third-order valence-corrected chi connectivity index (χ3v) is 5.33. The number of carbonyl (C=O) groups excluding carboxylic acids is 1. The van der Waals surface area contributed by atoms with Crippen LogP contribution in [-0.2, 0) is 20.5 Å². The Bertz CT molecular complexity index is 837. The van der Waals surface area contributed by atoms with Gasteiger partial charge in [-0.05, 0) is 37.0 Å². The predicted molar refractivity (Wildman–Crippen MR) is 98.1 cm³/mol. The summed E-state index contributed by atoms with van der Waals surface area (Å²) in [5.41, 5.74) is 1.65. The van der Waals surface area contributed by atoms with Gasteiger partial charge in [0.05, 0.1) is 6.10 Å². The van der Waals surface area contributed by atoms with Crippen molar-refractivity contribution in [2.75, 3.05) is 6.54 Å². The highest BCUT2D eigenvalue weighted by atomic mass is 16.3. The molecule has 26 heavy (non-hydrogen) atoms. The van der Waals surface area contributed by atoms with E-state index in [9.17, 15) is 14.7 Å². The van der Waals surface area contributed by atoms with Crippen LogP contribution in [0.2, 0.25) is 0 Å². The minimum absolute atomic E-state index is 0.0228. The van der Waals surface area contributed by atoms with Gasteiger partial charge in [0.15, 0.2) is 0 Å². The first-order valence-corrected chi connectivity index (χ1v) is 9.05. The van der Waals surface area contributed by atoms with Gasteiger partial charge in [0.1, 0.15) is 5.82 Å². The first-order chi connectivity index (χ1) is 12.4. The molecule has 140 valence electrons. The standard InChI is InChI=1S/C19H26N4O3/c1-4-12-5-7-13(8-6-12)18(25)20-11-15-9-14(10-16(15)24)17-21-23(3)19(26)22(17)2/h5-8,14-16,24H,4,9-11H2,1-3H3,(H,20,25)/t14-,15+,16+/m0/s1. The van der Waals surface area contributed by atoms with Gasteiger partial charge in [-0.2, -0.15) is 5.10 Å². The molecule has 0 saturated heterocycles. The molecule has 1 aromatic heterocycles. The van der Waals surface area contributed by atoms with E-state index in [-0.39, 0.29) is 23.4 Å². The average molecular weight is 358 g/mol. The van der Waals surface area contributed by atoms with Crippen LogP contribution >= 0.6 is 0 Å². The Morgan fingerprint density at radius 2 is 1.96 bits per heavy atom. The van der Waals surface area contributed by atoms with E-state index in [1.807, 2.05) is 24.3 Å². The quantitative estimate of drug-likeness (QED) is 0.833. The average Bonchev–Trinajstić information content (AvgIpc) is 3.14. The fourth-order valence-corrected chi connectivity index (χ4v) is 3.68. The minimum atomic E-state index is -0.514. The van der Waals surface area contributed by atoms with Gasteiger partial charge in [0.25, 0.3) is 5.91 Å². The number of hydrogen-bond donors (Lipinski definition) is 2. The number of nitrogens with zero attached hydrogens (tertiary/aromatic N) is 3. The second-order valence-electron chi connectivity index (χ2n) is 7.08. The van der Waals surface area contributed by atoms with Gasteiger partial charge in [0.2, 0.25) is 0 Å². The van der Waals surface area contributed by atoms with E-state index < -0.39 is 6.10 Å². The topological polar surface area (TPSA) is 89.2 Å². The number of aliphatic hydroxyl groups is 1. The number of rotatable bonds is 5. The number of amides is 1. The lowest BCUT2D eigenvalue weighted by Crippen LogP contribution is -2.32. The van der Waals surface area contributed by atoms with Gasteiger partial charge in [-0.25, -0.2) is 9.48 Å². The predicted octanol–water partition coefficient (Wildman–Crippen LogP) is 0.966. The Balaban J connectivity index is 1.60. The SMILES string of the molecule is CCc1ccc(C(=O)NC[C@H]2C[C@H](c3nn(C)c(=O)n3C)C[C@H]2O)cc1. The largest absolute Gasteiger partial charge is 0.393 e. The molecule has 0 spiro atoms. The van der Waals surface area contributed by atoms with Crippen LogP contribution in [0.3, 0.4) is 0 Å². The van der Waals surface area contributed by atoms with Crippen molar-refractivity contribution >= 4 is 5.91 Å². The van der Waals surface area contributed by atoms with Crippen molar-refractivity contribution in [1.82, 2.24) is 19.7 Å². The Kier molecular flexibility index (Phi) is 5.27. The Morgan fingerprint density at radius 1 is 1.27 bits per heavy atom. The van der Waals surface area contributed by atoms with Gasteiger partial charge in [-0.3, -0.25) is 9.36 Å². The van der Waals surface area contributed by atoms with Crippen LogP contribution in [-0.4, -0.2) is 38.0 Å². The highest BCUT2D eigenvalue weighted by Crippen LogP contribution is 2.37. The zero-order valence-electron chi connectivity index (χ0n) is 15.5. The fraction of sp³-hybridized carbons (Fsp3) is 0.526. The summed E-state index contributed by atoms with van der Waals surface area (Å²) in [4.78, 5) is 24.2. The number of benzene rings is 1. The smallest absolute Gasteiger partial charge is 0.345 e. The first kappa shape index (κ1) is 18.4. The third-order valence-electron chi connectivity index (χ3n) is 5.33. The maximum atomic E-state index is 12.3. The lowest BCUT2D eigenvalue weighted by atomic mass is 10.0. The molecular weight excluding hydrogens is 332 g/mol. The normalized spacial score (nSPS) is 22.5. The van der Waals surface area contributed by atoms with Crippen molar-refractivity contribution < 1.29 is 9.90 Å². The molecule has 7 nitrogen and oxygen atoms in total. The fourth-order valence-electron chi connectivity index (χ4n) is 3.68. The maximum absolute atomic E-state index is 12.3. The van der Waals surface area contributed by atoms with Crippen LogP contribution in [0.4, 0.5) is 0 Å². The van der Waals surface area contributed by atoms with E-state index in [2.05, 4.69) is 17.3 Å². The van der Waals surface area contributed by atoms with Crippen LogP contribution in [0, 0.1) is 5.92 Å². The molecule has 1 amide bonds. The summed E-state index contributed by atoms with van der Waals surface area (Å²) >= 11 is 0. The van der Waals surface area contributed by atoms with Crippen LogP contribution < -0.4 is 11.0 Å². The van der Waals surface area contributed by atoms with E-state index in [0.717, 1.165) is 6.42 Å². The number of carbonyl (C=O) groups is 1. The number of aliphatic hydroxyl groups excluding tert-OH is 1. The summed E-state index contributed by atoms with van der Waals surface area (Å²) < 4.78 is 2.85. The molecule has 0 aliphatic heterocycles. The monoisotopic (exact) mass is 358 g/mol. The second kappa shape index (κ2) is 7.45. The molecule has 0 radical (unpaired) electrons. The van der Waals surface area contributed by atoms with E-state index in [1.54, 1.807) is 14.1 Å². The van der Waals surface area contributed by atoms with Crippen LogP contribution in [0.1, 0.15) is 47.4 Å². The molecule has 1 fully saturated rings. The van der Waals surface area contributed by atoms with Crippen LogP contribution in [0.5, 0.6) is 0 Å². The Morgan fingerprint density at radius 3 is 2.54 bits per heavy atom. The Labute approximate surface area is 152 Å². The lowest BCUT2D eigenvalue weighted by molar-refractivity contribution is 0.0916. The lowest BCUT2D eigenvalue weighted by Gasteiger charge is -2.15. The molecule has 1 saturated carbocycles. The molecule has 2 aromatic rings. The van der Waals surface area contributed by atoms with E-state index in [4.69, 9.17) is 0 Å². The zero-order chi connectivity index (χ0) is 18.8. The highest BCUT2D eigenvalue weighted by molar-refractivity contribution is 5.94. The van der Waals surface area contributed by atoms with Gasteiger partial charge in [0, 0.05) is 38.0 Å². The van der Waals surface area contributed by atoms with Gasteiger partial charge < -0.3 is 10.4 Å². The molecule has 7 heteroatoms. The molecule has 1 aliphatic rings. The molecular formula is C19H26N4O3. The molecule has 0 unspecified atom stereocenters. The van der Waals surface area contributed by atoms with Crippen LogP contribution in [0.15, 0.2) is 29.1 Å². The number of hydrogen-bond acceptors (Lipinski definition) is 4. The molecule has 3 rings (SSSR count). The summed E-state index contributed by atoms with van der Waals surface area (Å²) in [6.07, 6.45) is 1.67. The highest BCUT2D eigenvalue weighted by Gasteiger charge is 2.36. The maximum Gasteiger partial charge on any atom is 0.345 e. The summed E-state index contributed by atoms with van der Waals surface area (Å²) in [5, 5.41) is 17.6. The molecule has 1 aliphatic carbocycles. The number of nitrogens with one attached hydrogen (secondary N) is 1. The molecule has 2 N–H and O–H groups in total. The van der Waals surface area contributed by atoms with E-state index in [0.29, 0.717) is 30.8 Å². The van der Waals surface area contributed by atoms with Crippen molar-refractivity contribution in [1.29, 1.82) is 0 Å². The van der Waals surface area contributed by atoms with Crippen molar-refractivity contribution in [3.63, 3.8) is 0 Å². The summed E-state index contributed by atoms with van der Waals surface area (Å²) in [5.74, 6) is 0.541. The molecule has 1 heterocycles. The van der Waals surface area contributed by atoms with E-state index in [1.165, 1.54) is 14.8 Å². The van der Waals surface area contributed by atoms with Crippen LogP contribution in [0.25, 0.3) is 0 Å². The van der Waals surface area contributed by atoms with E-state index >= 15 is 0 Å². The van der Waals surface area contributed by atoms with Crippen molar-refractivity contribution in [3.8, 4) is 0 Å². The van der Waals surface area contributed by atoms with Crippen molar-refractivity contribution in [2.24, 2.45) is 20.0 Å². The molecule has 0 bridgehead atoms. The molecule has 3 atom stereocenters. The third kappa shape index (κ3) is 3.58. The number of aryl methyl sites for hydroxylation is 2. The summed E-state index contributed by atoms with van der Waals surface area (Å²) in [7, 11) is 3.32. The van der Waals surface area contributed by atoms with Crippen molar-refractivity contribution in [2.45, 2.75) is 38.2 Å². The Hall–Kier alpha value is -2.41. The summed E-state index contributed by atoms with van der Waals surface area (Å²) in [6, 6.07) is 7.56. The van der Waals surface area contributed by atoms with Crippen molar-refractivity contribution in [3.05, 3.63) is 51.7 Å². The summed E-state index contributed by atoms with van der Waals surface area (Å²) in [6.45, 7) is 2.48. The molecule has 1 aromatic carbocycles.